The Kier molecular flexibility index (Phi) is 7.90. The largest absolute Gasteiger partial charge is 0.484 e. The number of nitrogens with one attached hydrogen (secondary N) is 2. The van der Waals surface area contributed by atoms with Crippen molar-refractivity contribution in [1.29, 1.82) is 0 Å². The molecule has 7 heteroatoms. The summed E-state index contributed by atoms with van der Waals surface area (Å²) in [7, 11) is 0. The number of likely N-dealkylation sites (tertiary alicyclic amines) is 1. The van der Waals surface area contributed by atoms with Gasteiger partial charge in [0.2, 0.25) is 5.91 Å². The van der Waals surface area contributed by atoms with Gasteiger partial charge in [-0.3, -0.25) is 14.5 Å². The molecule has 1 aliphatic rings. The molecule has 0 saturated carbocycles. The Labute approximate surface area is 176 Å². The fraction of sp³-hybridized carbons (Fsp3) is 0.364. The van der Waals surface area contributed by atoms with E-state index >= 15 is 0 Å². The van der Waals surface area contributed by atoms with Crippen LogP contribution in [0.5, 0.6) is 5.75 Å². The zero-order chi connectivity index (χ0) is 20.5. The van der Waals surface area contributed by atoms with Gasteiger partial charge in [0.25, 0.3) is 5.91 Å². The molecule has 154 valence electrons. The highest BCUT2D eigenvalue weighted by atomic mass is 35.5. The summed E-state index contributed by atoms with van der Waals surface area (Å²) in [6.07, 6.45) is 1.82. The Hall–Kier alpha value is -2.57. The van der Waals surface area contributed by atoms with E-state index in [0.717, 1.165) is 32.5 Å². The number of hydrogen-bond acceptors (Lipinski definition) is 4. The Balaban J connectivity index is 1.29. The zero-order valence-corrected chi connectivity index (χ0v) is 17.0. The molecular formula is C22H26ClN3O3. The van der Waals surface area contributed by atoms with Gasteiger partial charge in [-0.25, -0.2) is 0 Å². The van der Waals surface area contributed by atoms with Gasteiger partial charge in [-0.15, -0.1) is 0 Å². The van der Waals surface area contributed by atoms with Gasteiger partial charge < -0.3 is 15.4 Å². The van der Waals surface area contributed by atoms with Crippen molar-refractivity contribution in [2.75, 3.05) is 26.2 Å². The van der Waals surface area contributed by atoms with E-state index in [1.807, 2.05) is 6.07 Å². The molecule has 2 N–H and O–H groups in total. The van der Waals surface area contributed by atoms with Crippen molar-refractivity contribution in [3.05, 3.63) is 65.2 Å². The maximum absolute atomic E-state index is 12.1. The molecule has 2 amide bonds. The second kappa shape index (κ2) is 10.8. The smallest absolute Gasteiger partial charge is 0.258 e. The van der Waals surface area contributed by atoms with Gasteiger partial charge in [-0.05, 0) is 42.7 Å². The summed E-state index contributed by atoms with van der Waals surface area (Å²) in [4.78, 5) is 26.3. The molecule has 29 heavy (non-hydrogen) atoms. The van der Waals surface area contributed by atoms with Crippen molar-refractivity contribution >= 4 is 23.4 Å². The van der Waals surface area contributed by atoms with Crippen molar-refractivity contribution < 1.29 is 14.3 Å². The maximum Gasteiger partial charge on any atom is 0.258 e. The van der Waals surface area contributed by atoms with E-state index in [-0.39, 0.29) is 31.0 Å². The van der Waals surface area contributed by atoms with Crippen LogP contribution in [0.1, 0.15) is 18.4 Å². The Morgan fingerprint density at radius 2 is 1.69 bits per heavy atom. The highest BCUT2D eigenvalue weighted by Gasteiger charge is 2.20. The molecule has 2 aromatic rings. The van der Waals surface area contributed by atoms with Gasteiger partial charge in [0.1, 0.15) is 5.75 Å². The van der Waals surface area contributed by atoms with E-state index in [2.05, 4.69) is 39.8 Å². The average molecular weight is 416 g/mol. The number of hydrogen-bond donors (Lipinski definition) is 2. The summed E-state index contributed by atoms with van der Waals surface area (Å²) < 4.78 is 5.36. The van der Waals surface area contributed by atoms with Crippen LogP contribution in [0.15, 0.2) is 54.6 Å². The molecule has 2 aromatic carbocycles. The first-order valence-corrected chi connectivity index (χ1v) is 10.2. The monoisotopic (exact) mass is 415 g/mol. The number of nitrogens with zero attached hydrogens (tertiary/aromatic N) is 1. The summed E-state index contributed by atoms with van der Waals surface area (Å²) in [5, 5.41) is 6.19. The standard InChI is InChI=1S/C22H26ClN3O3/c23-18-6-8-20(9-7-18)29-16-22(28)24-14-21(27)25-19-10-12-26(13-11-19)15-17-4-2-1-3-5-17/h1-9,19H,10-16H2,(H,24,28)(H,25,27). The Morgan fingerprint density at radius 1 is 1.00 bits per heavy atom. The third kappa shape index (κ3) is 7.40. The molecule has 0 spiro atoms. The van der Waals surface area contributed by atoms with Crippen molar-refractivity contribution in [2.45, 2.75) is 25.4 Å². The summed E-state index contributed by atoms with van der Waals surface area (Å²) in [5.41, 5.74) is 1.30. The molecule has 0 unspecified atom stereocenters. The molecule has 1 fully saturated rings. The molecule has 0 radical (unpaired) electrons. The van der Waals surface area contributed by atoms with Gasteiger partial charge in [0, 0.05) is 30.7 Å². The van der Waals surface area contributed by atoms with Gasteiger partial charge >= 0.3 is 0 Å². The fourth-order valence-corrected chi connectivity index (χ4v) is 3.39. The molecule has 0 aliphatic carbocycles. The van der Waals surface area contributed by atoms with Crippen LogP contribution in [0.2, 0.25) is 5.02 Å². The lowest BCUT2D eigenvalue weighted by Gasteiger charge is -2.32. The molecule has 1 heterocycles. The predicted octanol–water partition coefficient (Wildman–Crippen LogP) is 2.62. The second-order valence-corrected chi connectivity index (χ2v) is 7.56. The summed E-state index contributed by atoms with van der Waals surface area (Å²) >= 11 is 5.80. The third-order valence-corrected chi connectivity index (χ3v) is 5.08. The molecule has 0 bridgehead atoms. The number of carbonyl (C=O) groups is 2. The van der Waals surface area contributed by atoms with Crippen LogP contribution >= 0.6 is 11.6 Å². The van der Waals surface area contributed by atoms with E-state index in [1.54, 1.807) is 24.3 Å². The number of halogens is 1. The average Bonchev–Trinajstić information content (AvgIpc) is 2.74. The molecule has 0 aromatic heterocycles. The second-order valence-electron chi connectivity index (χ2n) is 7.12. The van der Waals surface area contributed by atoms with Crippen LogP contribution in [0.25, 0.3) is 0 Å². The first-order valence-electron chi connectivity index (χ1n) is 9.79. The van der Waals surface area contributed by atoms with Crippen LogP contribution in [0.3, 0.4) is 0 Å². The highest BCUT2D eigenvalue weighted by molar-refractivity contribution is 6.30. The number of amides is 2. The number of carbonyl (C=O) groups excluding carboxylic acids is 2. The van der Waals surface area contributed by atoms with Crippen LogP contribution in [0, 0.1) is 0 Å². The van der Waals surface area contributed by atoms with E-state index in [1.165, 1.54) is 5.56 Å². The van der Waals surface area contributed by atoms with Crippen molar-refractivity contribution in [3.63, 3.8) is 0 Å². The fourth-order valence-electron chi connectivity index (χ4n) is 3.27. The number of rotatable bonds is 8. The molecule has 1 saturated heterocycles. The topological polar surface area (TPSA) is 70.7 Å². The zero-order valence-electron chi connectivity index (χ0n) is 16.3. The van der Waals surface area contributed by atoms with Crippen molar-refractivity contribution in [3.8, 4) is 5.75 Å². The molecule has 6 nitrogen and oxygen atoms in total. The van der Waals surface area contributed by atoms with E-state index in [4.69, 9.17) is 16.3 Å². The maximum atomic E-state index is 12.1. The lowest BCUT2D eigenvalue weighted by molar-refractivity contribution is -0.127. The minimum absolute atomic E-state index is 0.0486. The minimum atomic E-state index is -0.340. The van der Waals surface area contributed by atoms with Gasteiger partial charge in [-0.1, -0.05) is 41.9 Å². The highest BCUT2D eigenvalue weighted by Crippen LogP contribution is 2.15. The van der Waals surface area contributed by atoms with E-state index in [9.17, 15) is 9.59 Å². The van der Waals surface area contributed by atoms with Gasteiger partial charge in [-0.2, -0.15) is 0 Å². The van der Waals surface area contributed by atoms with Crippen molar-refractivity contribution in [1.82, 2.24) is 15.5 Å². The van der Waals surface area contributed by atoms with E-state index < -0.39 is 0 Å². The molecular weight excluding hydrogens is 390 g/mol. The van der Waals surface area contributed by atoms with Gasteiger partial charge in [0.05, 0.1) is 6.54 Å². The third-order valence-electron chi connectivity index (χ3n) is 4.83. The summed E-state index contributed by atoms with van der Waals surface area (Å²) in [6.45, 7) is 2.63. The first-order chi connectivity index (χ1) is 14.1. The normalized spacial score (nSPS) is 14.9. The number of piperidine rings is 1. The quantitative estimate of drug-likeness (QED) is 0.695. The Bertz CT molecular complexity index is 791. The minimum Gasteiger partial charge on any atom is -0.484 e. The Morgan fingerprint density at radius 3 is 2.38 bits per heavy atom. The number of benzene rings is 2. The van der Waals surface area contributed by atoms with Crippen LogP contribution < -0.4 is 15.4 Å². The van der Waals surface area contributed by atoms with Crippen LogP contribution in [-0.2, 0) is 16.1 Å². The molecule has 0 atom stereocenters. The number of ether oxygens (including phenoxy) is 1. The van der Waals surface area contributed by atoms with Crippen molar-refractivity contribution in [2.24, 2.45) is 0 Å². The van der Waals surface area contributed by atoms with E-state index in [0.29, 0.717) is 10.8 Å². The SMILES string of the molecule is O=C(COc1ccc(Cl)cc1)NCC(=O)NC1CCN(Cc2ccccc2)CC1. The lowest BCUT2D eigenvalue weighted by Crippen LogP contribution is -2.47. The predicted molar refractivity (Wildman–Crippen MR) is 113 cm³/mol. The first kappa shape index (κ1) is 21.1. The summed E-state index contributed by atoms with van der Waals surface area (Å²) in [6, 6.07) is 17.3. The van der Waals surface area contributed by atoms with Crippen LogP contribution in [0.4, 0.5) is 0 Å². The van der Waals surface area contributed by atoms with Gasteiger partial charge in [0.15, 0.2) is 6.61 Å². The lowest BCUT2D eigenvalue weighted by atomic mass is 10.0. The molecule has 3 rings (SSSR count). The van der Waals surface area contributed by atoms with Crippen LogP contribution in [-0.4, -0.2) is 49.0 Å². The summed E-state index contributed by atoms with van der Waals surface area (Å²) in [5.74, 6) is 0.0374. The molecule has 1 aliphatic heterocycles.